The second-order valence-electron chi connectivity index (χ2n) is 3.52. The summed E-state index contributed by atoms with van der Waals surface area (Å²) < 4.78 is 0. The Morgan fingerprint density at radius 2 is 2.38 bits per heavy atom. The molecule has 0 spiro atoms. The quantitative estimate of drug-likeness (QED) is 0.653. The molecule has 0 aromatic heterocycles. The maximum Gasteiger partial charge on any atom is 0.254 e. The van der Waals surface area contributed by atoms with Crippen LogP contribution in [0.4, 0.5) is 0 Å². The standard InChI is InChI=1S/C10H11NO2.H2/c1-6(12)11-10(13)8-4-2-3-7-5-9(7)8;/h2-4,7,9H,5H2,1H3,(H,11,12,13);1H. The monoisotopic (exact) mass is 179 g/mol. The van der Waals surface area contributed by atoms with E-state index in [1.54, 1.807) is 6.08 Å². The summed E-state index contributed by atoms with van der Waals surface area (Å²) in [6.45, 7) is 1.35. The Balaban J connectivity index is 0.000000980. The van der Waals surface area contributed by atoms with Crippen LogP contribution in [0, 0.1) is 11.8 Å². The van der Waals surface area contributed by atoms with Gasteiger partial charge in [-0.3, -0.25) is 14.9 Å². The van der Waals surface area contributed by atoms with Gasteiger partial charge in [0.2, 0.25) is 5.91 Å². The highest BCUT2D eigenvalue weighted by Crippen LogP contribution is 2.47. The third-order valence-electron chi connectivity index (χ3n) is 2.43. The Hall–Kier alpha value is -1.38. The minimum Gasteiger partial charge on any atom is -0.293 e. The molecule has 1 N–H and O–H groups in total. The highest BCUT2D eigenvalue weighted by molar-refractivity contribution is 6.04. The van der Waals surface area contributed by atoms with E-state index >= 15 is 0 Å². The average Bonchev–Trinajstić information content (AvgIpc) is 2.79. The third kappa shape index (κ3) is 1.54. The van der Waals surface area contributed by atoms with Gasteiger partial charge >= 0.3 is 0 Å². The lowest BCUT2D eigenvalue weighted by Crippen LogP contribution is -2.30. The minimum atomic E-state index is -0.294. The van der Waals surface area contributed by atoms with Crippen molar-refractivity contribution in [3.63, 3.8) is 0 Å². The van der Waals surface area contributed by atoms with Crippen molar-refractivity contribution in [2.24, 2.45) is 11.8 Å². The van der Waals surface area contributed by atoms with Crippen molar-refractivity contribution < 1.29 is 11.0 Å². The van der Waals surface area contributed by atoms with Gasteiger partial charge in [0.15, 0.2) is 0 Å². The number of allylic oxidation sites excluding steroid dienone is 3. The van der Waals surface area contributed by atoms with E-state index in [1.807, 2.05) is 6.08 Å². The number of rotatable bonds is 1. The summed E-state index contributed by atoms with van der Waals surface area (Å²) in [7, 11) is 0. The number of hydrogen-bond donors (Lipinski definition) is 1. The van der Waals surface area contributed by atoms with E-state index in [0.717, 1.165) is 12.0 Å². The van der Waals surface area contributed by atoms with Crippen LogP contribution in [0.1, 0.15) is 14.8 Å². The maximum atomic E-state index is 11.4. The molecule has 2 aliphatic carbocycles. The molecule has 0 bridgehead atoms. The summed E-state index contributed by atoms with van der Waals surface area (Å²) in [5.74, 6) is 0.379. The van der Waals surface area contributed by atoms with E-state index in [4.69, 9.17) is 0 Å². The molecule has 0 aromatic carbocycles. The van der Waals surface area contributed by atoms with Crippen LogP contribution in [-0.2, 0) is 9.59 Å². The molecule has 13 heavy (non-hydrogen) atoms. The van der Waals surface area contributed by atoms with Gasteiger partial charge in [0.1, 0.15) is 0 Å². The molecule has 2 unspecified atom stereocenters. The number of nitrogens with one attached hydrogen (secondary N) is 1. The fourth-order valence-corrected chi connectivity index (χ4v) is 1.69. The molecule has 0 heterocycles. The number of hydrogen-bond acceptors (Lipinski definition) is 2. The highest BCUT2D eigenvalue weighted by Gasteiger charge is 2.41. The molecule has 0 aromatic rings. The van der Waals surface area contributed by atoms with Gasteiger partial charge in [0.25, 0.3) is 5.91 Å². The Bertz CT molecular complexity index is 333. The lowest BCUT2D eigenvalue weighted by molar-refractivity contribution is -0.127. The van der Waals surface area contributed by atoms with Crippen LogP contribution < -0.4 is 5.32 Å². The van der Waals surface area contributed by atoms with Crippen LogP contribution >= 0.6 is 0 Å². The molecule has 0 aliphatic heterocycles. The van der Waals surface area contributed by atoms with E-state index in [9.17, 15) is 9.59 Å². The van der Waals surface area contributed by atoms with Gasteiger partial charge < -0.3 is 0 Å². The largest absolute Gasteiger partial charge is 0.293 e. The molecule has 2 rings (SSSR count). The first-order chi connectivity index (χ1) is 6.18. The zero-order valence-corrected chi connectivity index (χ0v) is 7.41. The van der Waals surface area contributed by atoms with Gasteiger partial charge in [-0.25, -0.2) is 0 Å². The molecule has 70 valence electrons. The molecule has 3 nitrogen and oxygen atoms in total. The van der Waals surface area contributed by atoms with E-state index in [2.05, 4.69) is 11.4 Å². The topological polar surface area (TPSA) is 46.2 Å². The number of carbonyl (C=O) groups excluding carboxylic acids is 2. The van der Waals surface area contributed by atoms with Crippen LogP contribution in [0.3, 0.4) is 0 Å². The summed E-state index contributed by atoms with van der Waals surface area (Å²) in [4.78, 5) is 22.1. The normalized spacial score (nSPS) is 28.8. The lowest BCUT2D eigenvalue weighted by atomic mass is 10.0. The molecule has 3 heteroatoms. The van der Waals surface area contributed by atoms with Crippen molar-refractivity contribution >= 4 is 11.8 Å². The molecular weight excluding hydrogens is 166 g/mol. The molecule has 2 atom stereocenters. The van der Waals surface area contributed by atoms with Crippen molar-refractivity contribution in [3.05, 3.63) is 23.8 Å². The number of amides is 2. The first-order valence-electron chi connectivity index (χ1n) is 4.39. The second-order valence-corrected chi connectivity index (χ2v) is 3.52. The molecule has 0 radical (unpaired) electrons. The average molecular weight is 179 g/mol. The lowest BCUT2D eigenvalue weighted by Gasteiger charge is -2.06. The second kappa shape index (κ2) is 2.83. The number of carbonyl (C=O) groups is 2. The van der Waals surface area contributed by atoms with Crippen LogP contribution in [0.25, 0.3) is 0 Å². The molecule has 2 aliphatic rings. The first kappa shape index (κ1) is 8.23. The fourth-order valence-electron chi connectivity index (χ4n) is 1.69. The smallest absolute Gasteiger partial charge is 0.254 e. The van der Waals surface area contributed by atoms with E-state index in [1.165, 1.54) is 6.92 Å². The minimum absolute atomic E-state index is 0. The summed E-state index contributed by atoms with van der Waals surface area (Å²) in [5, 5.41) is 2.29. The molecular formula is C10H13NO2. The molecule has 0 saturated heterocycles. The van der Waals surface area contributed by atoms with Crippen molar-refractivity contribution in [1.29, 1.82) is 0 Å². The van der Waals surface area contributed by atoms with Gasteiger partial charge in [-0.15, -0.1) is 0 Å². The number of imide groups is 1. The van der Waals surface area contributed by atoms with Gasteiger partial charge in [-0.05, 0) is 18.3 Å². The Kier molecular flexibility index (Phi) is 1.79. The van der Waals surface area contributed by atoms with E-state index in [0.29, 0.717) is 11.8 Å². The zero-order chi connectivity index (χ0) is 9.42. The van der Waals surface area contributed by atoms with Crippen molar-refractivity contribution in [2.75, 3.05) is 0 Å². The summed E-state index contributed by atoms with van der Waals surface area (Å²) in [5.41, 5.74) is 0.753. The zero-order valence-electron chi connectivity index (χ0n) is 7.41. The van der Waals surface area contributed by atoms with Crippen LogP contribution in [0.2, 0.25) is 0 Å². The van der Waals surface area contributed by atoms with Crippen molar-refractivity contribution in [2.45, 2.75) is 13.3 Å². The van der Waals surface area contributed by atoms with Gasteiger partial charge in [-0.1, -0.05) is 18.2 Å². The van der Waals surface area contributed by atoms with Gasteiger partial charge in [-0.2, -0.15) is 0 Å². The first-order valence-corrected chi connectivity index (χ1v) is 4.39. The SMILES string of the molecule is CC(=O)NC(=O)C1=CC=CC2CC12.[HH]. The Morgan fingerprint density at radius 3 is 3.08 bits per heavy atom. The number of fused-ring (bicyclic) bond motifs is 1. The fraction of sp³-hybridized carbons (Fsp3) is 0.400. The van der Waals surface area contributed by atoms with Crippen molar-refractivity contribution in [1.82, 2.24) is 5.32 Å². The van der Waals surface area contributed by atoms with Gasteiger partial charge in [0.05, 0.1) is 0 Å². The highest BCUT2D eigenvalue weighted by atomic mass is 16.2. The van der Waals surface area contributed by atoms with E-state index < -0.39 is 0 Å². The predicted molar refractivity (Wildman–Crippen MR) is 49.8 cm³/mol. The Morgan fingerprint density at radius 1 is 1.62 bits per heavy atom. The predicted octanol–water partition coefficient (Wildman–Crippen LogP) is 1.03. The van der Waals surface area contributed by atoms with Gasteiger partial charge in [0, 0.05) is 13.9 Å². The Labute approximate surface area is 78.0 Å². The molecule has 2 amide bonds. The maximum absolute atomic E-state index is 11.4. The van der Waals surface area contributed by atoms with E-state index in [-0.39, 0.29) is 13.2 Å². The molecule has 1 saturated carbocycles. The summed E-state index contributed by atoms with van der Waals surface area (Å²) >= 11 is 0. The molecule has 1 fully saturated rings. The summed E-state index contributed by atoms with van der Waals surface area (Å²) in [6.07, 6.45) is 6.85. The van der Waals surface area contributed by atoms with Crippen molar-refractivity contribution in [3.8, 4) is 0 Å². The third-order valence-corrected chi connectivity index (χ3v) is 2.43. The summed E-state index contributed by atoms with van der Waals surface area (Å²) in [6, 6.07) is 0. The van der Waals surface area contributed by atoms with Crippen LogP contribution in [0.15, 0.2) is 23.8 Å². The van der Waals surface area contributed by atoms with Crippen LogP contribution in [-0.4, -0.2) is 11.8 Å². The van der Waals surface area contributed by atoms with Crippen LogP contribution in [0.5, 0.6) is 0 Å².